The maximum Gasteiger partial charge on any atom is 0.223 e. The Morgan fingerprint density at radius 2 is 2.00 bits per heavy atom. The van der Waals surface area contributed by atoms with E-state index in [2.05, 4.69) is 28.2 Å². The van der Waals surface area contributed by atoms with Crippen LogP contribution in [0.5, 0.6) is 0 Å². The summed E-state index contributed by atoms with van der Waals surface area (Å²) in [5, 5.41) is 4.09. The summed E-state index contributed by atoms with van der Waals surface area (Å²) in [4.78, 5) is 11.9. The van der Waals surface area contributed by atoms with Gasteiger partial charge in [-0.05, 0) is 38.0 Å². The number of hydrogen-bond acceptors (Lipinski definition) is 1. The molecule has 2 aliphatic carbocycles. The van der Waals surface area contributed by atoms with Crippen molar-refractivity contribution in [3.8, 4) is 0 Å². The zero-order valence-corrected chi connectivity index (χ0v) is 10.9. The lowest BCUT2D eigenvalue weighted by Gasteiger charge is -2.12. The van der Waals surface area contributed by atoms with Crippen molar-refractivity contribution in [2.75, 3.05) is 5.33 Å². The van der Waals surface area contributed by atoms with Crippen LogP contribution in [0.2, 0.25) is 0 Å². The number of halogens is 1. The number of nitrogens with one attached hydrogen (secondary N) is 1. The number of alkyl halides is 1. The van der Waals surface area contributed by atoms with E-state index in [4.69, 9.17) is 0 Å². The summed E-state index contributed by atoms with van der Waals surface area (Å²) in [6, 6.07) is 0.319. The first-order chi connectivity index (χ1) is 7.24. The number of amides is 1. The van der Waals surface area contributed by atoms with Gasteiger partial charge in [-0.2, -0.15) is 0 Å². The summed E-state index contributed by atoms with van der Waals surface area (Å²) in [5.74, 6) is 2.15. The third-order valence-corrected chi connectivity index (χ3v) is 4.35. The second kappa shape index (κ2) is 4.86. The predicted octanol–water partition coefficient (Wildman–Crippen LogP) is 2.71. The van der Waals surface area contributed by atoms with Crippen molar-refractivity contribution in [1.82, 2.24) is 5.32 Å². The molecule has 15 heavy (non-hydrogen) atoms. The highest BCUT2D eigenvalue weighted by Crippen LogP contribution is 2.55. The molecule has 2 fully saturated rings. The van der Waals surface area contributed by atoms with E-state index in [0.29, 0.717) is 17.9 Å². The third kappa shape index (κ3) is 2.55. The number of carbonyl (C=O) groups excluding carboxylic acids is 1. The van der Waals surface area contributed by atoms with Crippen molar-refractivity contribution in [2.45, 2.75) is 45.1 Å². The van der Waals surface area contributed by atoms with Crippen molar-refractivity contribution in [2.24, 2.45) is 17.8 Å². The molecule has 0 spiro atoms. The first-order valence-corrected chi connectivity index (χ1v) is 7.22. The van der Waals surface area contributed by atoms with E-state index in [1.165, 1.54) is 25.7 Å². The smallest absolute Gasteiger partial charge is 0.223 e. The van der Waals surface area contributed by atoms with E-state index in [-0.39, 0.29) is 0 Å². The number of hydrogen-bond donors (Lipinski definition) is 1. The molecule has 0 saturated heterocycles. The van der Waals surface area contributed by atoms with E-state index < -0.39 is 0 Å². The molecule has 2 rings (SSSR count). The molecule has 0 aromatic rings. The third-order valence-electron chi connectivity index (χ3n) is 3.89. The fourth-order valence-corrected chi connectivity index (χ4v) is 3.64. The van der Waals surface area contributed by atoms with Crippen LogP contribution >= 0.6 is 15.9 Å². The Bertz CT molecular complexity index is 232. The minimum Gasteiger partial charge on any atom is -0.353 e. The summed E-state index contributed by atoms with van der Waals surface area (Å²) in [5.41, 5.74) is 0. The van der Waals surface area contributed by atoms with Crippen molar-refractivity contribution in [3.05, 3.63) is 0 Å². The Morgan fingerprint density at radius 1 is 1.40 bits per heavy atom. The van der Waals surface area contributed by atoms with Gasteiger partial charge in [0.2, 0.25) is 5.91 Å². The van der Waals surface area contributed by atoms with Gasteiger partial charge in [0.25, 0.3) is 0 Å². The molecule has 2 aliphatic rings. The van der Waals surface area contributed by atoms with Crippen molar-refractivity contribution in [3.63, 3.8) is 0 Å². The zero-order valence-electron chi connectivity index (χ0n) is 9.34. The lowest BCUT2D eigenvalue weighted by atomic mass is 10.0. The molecular weight excluding hydrogens is 254 g/mol. The number of fused-ring (bicyclic) bond motifs is 1. The summed E-state index contributed by atoms with van der Waals surface area (Å²) in [6.07, 6.45) is 6.27. The van der Waals surface area contributed by atoms with Gasteiger partial charge in [-0.3, -0.25) is 4.79 Å². The molecule has 0 aromatic heterocycles. The van der Waals surface area contributed by atoms with E-state index in [9.17, 15) is 4.79 Å². The van der Waals surface area contributed by atoms with Crippen molar-refractivity contribution < 1.29 is 4.79 Å². The molecule has 3 heteroatoms. The first kappa shape index (κ1) is 11.4. The van der Waals surface area contributed by atoms with E-state index in [0.717, 1.165) is 23.6 Å². The molecule has 1 amide bonds. The molecule has 0 aromatic carbocycles. The van der Waals surface area contributed by atoms with Crippen molar-refractivity contribution >= 4 is 21.8 Å². The molecule has 3 atom stereocenters. The average molecular weight is 274 g/mol. The van der Waals surface area contributed by atoms with Crippen LogP contribution in [0.4, 0.5) is 0 Å². The van der Waals surface area contributed by atoms with E-state index in [1.807, 2.05) is 0 Å². The van der Waals surface area contributed by atoms with Crippen molar-refractivity contribution in [1.29, 1.82) is 0 Å². The summed E-state index contributed by atoms with van der Waals surface area (Å²) in [6.45, 7) is 2.09. The maximum absolute atomic E-state index is 11.9. The van der Waals surface area contributed by atoms with Crippen LogP contribution in [-0.4, -0.2) is 17.3 Å². The number of carbonyl (C=O) groups is 1. The molecule has 86 valence electrons. The fourth-order valence-electron chi connectivity index (χ4n) is 2.96. The van der Waals surface area contributed by atoms with Gasteiger partial charge in [0, 0.05) is 17.3 Å². The molecule has 0 radical (unpaired) electrons. The highest BCUT2D eigenvalue weighted by molar-refractivity contribution is 9.09. The largest absolute Gasteiger partial charge is 0.353 e. The molecule has 0 aliphatic heterocycles. The maximum atomic E-state index is 11.9. The molecule has 0 heterocycles. The fraction of sp³-hybridized carbons (Fsp3) is 0.917. The first-order valence-electron chi connectivity index (χ1n) is 6.10. The van der Waals surface area contributed by atoms with Crippen LogP contribution in [0.15, 0.2) is 0 Å². The monoisotopic (exact) mass is 273 g/mol. The normalized spacial score (nSPS) is 35.5. The van der Waals surface area contributed by atoms with Gasteiger partial charge in [0.15, 0.2) is 0 Å². The second-order valence-corrected chi connectivity index (χ2v) is 5.82. The predicted molar refractivity (Wildman–Crippen MR) is 65.0 cm³/mol. The SMILES string of the molecule is CC(CCBr)NC(=O)C1C2CCCCC21. The molecule has 3 unspecified atom stereocenters. The van der Waals surface area contributed by atoms with Gasteiger partial charge < -0.3 is 5.32 Å². The summed E-state index contributed by atoms with van der Waals surface area (Å²) < 4.78 is 0. The number of rotatable bonds is 4. The van der Waals surface area contributed by atoms with Crippen LogP contribution in [0.25, 0.3) is 0 Å². The Balaban J connectivity index is 1.77. The molecule has 0 bridgehead atoms. The minimum atomic E-state index is 0.319. The van der Waals surface area contributed by atoms with Gasteiger partial charge >= 0.3 is 0 Å². The summed E-state index contributed by atoms with van der Waals surface area (Å²) in [7, 11) is 0. The second-order valence-electron chi connectivity index (χ2n) is 5.03. The van der Waals surface area contributed by atoms with Crippen LogP contribution in [0, 0.1) is 17.8 Å². The highest BCUT2D eigenvalue weighted by atomic mass is 79.9. The Hall–Kier alpha value is -0.0500. The van der Waals surface area contributed by atoms with Gasteiger partial charge in [-0.15, -0.1) is 0 Å². The average Bonchev–Trinajstić information content (AvgIpc) is 2.91. The summed E-state index contributed by atoms with van der Waals surface area (Å²) >= 11 is 3.40. The Labute approximate surface area is 100 Å². The zero-order chi connectivity index (χ0) is 10.8. The van der Waals surface area contributed by atoms with Crippen LogP contribution in [0.1, 0.15) is 39.0 Å². The van der Waals surface area contributed by atoms with Crippen LogP contribution in [0.3, 0.4) is 0 Å². The highest BCUT2D eigenvalue weighted by Gasteiger charge is 2.54. The Morgan fingerprint density at radius 3 is 2.53 bits per heavy atom. The van der Waals surface area contributed by atoms with Gasteiger partial charge in [0.05, 0.1) is 0 Å². The van der Waals surface area contributed by atoms with Crippen LogP contribution < -0.4 is 5.32 Å². The van der Waals surface area contributed by atoms with Crippen LogP contribution in [-0.2, 0) is 4.79 Å². The minimum absolute atomic E-state index is 0.319. The lowest BCUT2D eigenvalue weighted by Crippen LogP contribution is -2.34. The van der Waals surface area contributed by atoms with E-state index >= 15 is 0 Å². The Kier molecular flexibility index (Phi) is 3.70. The lowest BCUT2D eigenvalue weighted by molar-refractivity contribution is -0.123. The topological polar surface area (TPSA) is 29.1 Å². The molecule has 2 nitrogen and oxygen atoms in total. The molecule has 2 saturated carbocycles. The standard InChI is InChI=1S/C12H20BrNO/c1-8(6-7-13)14-12(15)11-9-4-2-3-5-10(9)11/h8-11H,2-7H2,1H3,(H,14,15). The molecule has 1 N–H and O–H groups in total. The quantitative estimate of drug-likeness (QED) is 0.785. The van der Waals surface area contributed by atoms with Gasteiger partial charge in [-0.25, -0.2) is 0 Å². The van der Waals surface area contributed by atoms with Gasteiger partial charge in [0.1, 0.15) is 0 Å². The van der Waals surface area contributed by atoms with E-state index in [1.54, 1.807) is 0 Å². The van der Waals surface area contributed by atoms with Gasteiger partial charge in [-0.1, -0.05) is 28.8 Å². The molecular formula is C12H20BrNO.